The molecule has 0 saturated carbocycles. The Labute approximate surface area is 133 Å². The summed E-state index contributed by atoms with van der Waals surface area (Å²) in [6, 6.07) is 17.7. The second-order valence-electron chi connectivity index (χ2n) is 5.20. The van der Waals surface area contributed by atoms with Gasteiger partial charge in [-0.05, 0) is 30.3 Å². The highest BCUT2D eigenvalue weighted by atomic mass is 15.0. The average molecular weight is 296 g/mol. The maximum atomic E-state index is 9.11. The van der Waals surface area contributed by atoms with Crippen molar-refractivity contribution in [3.05, 3.63) is 78.9 Å². The molecule has 0 aliphatic heterocycles. The predicted octanol–water partition coefficient (Wildman–Crippen LogP) is 3.93. The summed E-state index contributed by atoms with van der Waals surface area (Å²) in [4.78, 5) is 8.80. The van der Waals surface area contributed by atoms with Gasteiger partial charge in [0.15, 0.2) is 0 Å². The number of hydrogen-bond acceptors (Lipinski definition) is 3. The number of benzene rings is 1. The van der Waals surface area contributed by atoms with Crippen molar-refractivity contribution in [3.63, 3.8) is 0 Å². The molecule has 0 aliphatic rings. The molecule has 0 fully saturated rings. The lowest BCUT2D eigenvalue weighted by molar-refractivity contribution is 1.19. The summed E-state index contributed by atoms with van der Waals surface area (Å²) in [6.45, 7) is 0. The van der Waals surface area contributed by atoms with Gasteiger partial charge in [-0.2, -0.15) is 5.26 Å². The molecule has 4 heteroatoms. The first-order chi connectivity index (χ1) is 11.3. The minimum Gasteiger partial charge on any atom is -0.306 e. The molecular formula is C19H12N4. The maximum Gasteiger partial charge on any atom is 0.136 e. The molecule has 0 aliphatic carbocycles. The zero-order valence-electron chi connectivity index (χ0n) is 12.2. The highest BCUT2D eigenvalue weighted by Gasteiger charge is 2.10. The first-order valence-electron chi connectivity index (χ1n) is 7.24. The lowest BCUT2D eigenvalue weighted by Crippen LogP contribution is -1.91. The summed E-state index contributed by atoms with van der Waals surface area (Å²) in [5.74, 6) is 0. The molecule has 3 heterocycles. The quantitative estimate of drug-likeness (QED) is 0.563. The van der Waals surface area contributed by atoms with Crippen molar-refractivity contribution < 1.29 is 0 Å². The minimum absolute atomic E-state index is 0.629. The molecule has 0 N–H and O–H groups in total. The monoisotopic (exact) mass is 296 g/mol. The van der Waals surface area contributed by atoms with Crippen LogP contribution in [0.25, 0.3) is 28.0 Å². The summed E-state index contributed by atoms with van der Waals surface area (Å²) in [7, 11) is 0. The van der Waals surface area contributed by atoms with E-state index in [0.717, 1.165) is 28.0 Å². The van der Waals surface area contributed by atoms with Crippen LogP contribution in [0.15, 0.2) is 73.3 Å². The van der Waals surface area contributed by atoms with Gasteiger partial charge in [0.1, 0.15) is 5.65 Å². The molecule has 3 aromatic heterocycles. The third-order valence-corrected chi connectivity index (χ3v) is 3.77. The Hall–Kier alpha value is -3.45. The van der Waals surface area contributed by atoms with E-state index in [-0.39, 0.29) is 0 Å². The number of rotatable bonds is 2. The smallest absolute Gasteiger partial charge is 0.136 e. The number of nitriles is 1. The Kier molecular flexibility index (Phi) is 3.10. The normalized spacial score (nSPS) is 10.6. The topological polar surface area (TPSA) is 54.0 Å². The van der Waals surface area contributed by atoms with Gasteiger partial charge in [0, 0.05) is 41.5 Å². The Bertz CT molecular complexity index is 1040. The summed E-state index contributed by atoms with van der Waals surface area (Å²) < 4.78 is 1.98. The molecule has 108 valence electrons. The van der Waals surface area contributed by atoms with E-state index in [4.69, 9.17) is 5.26 Å². The van der Waals surface area contributed by atoms with Crippen LogP contribution >= 0.6 is 0 Å². The van der Waals surface area contributed by atoms with E-state index in [1.807, 2.05) is 59.3 Å². The molecule has 0 atom stereocenters. The van der Waals surface area contributed by atoms with Crippen molar-refractivity contribution in [2.45, 2.75) is 0 Å². The number of aromatic nitrogens is 3. The van der Waals surface area contributed by atoms with E-state index in [1.54, 1.807) is 18.5 Å². The lowest BCUT2D eigenvalue weighted by atomic mass is 9.99. The Morgan fingerprint density at radius 3 is 2.78 bits per heavy atom. The number of hydrogen-bond donors (Lipinski definition) is 0. The van der Waals surface area contributed by atoms with Crippen molar-refractivity contribution in [1.82, 2.24) is 14.4 Å². The lowest BCUT2D eigenvalue weighted by Gasteiger charge is -2.09. The van der Waals surface area contributed by atoms with E-state index in [0.29, 0.717) is 5.56 Å². The second-order valence-corrected chi connectivity index (χ2v) is 5.20. The molecule has 4 aromatic rings. The fourth-order valence-electron chi connectivity index (χ4n) is 2.68. The first kappa shape index (κ1) is 13.2. The van der Waals surface area contributed by atoms with Gasteiger partial charge in [-0.1, -0.05) is 18.2 Å². The summed E-state index contributed by atoms with van der Waals surface area (Å²) >= 11 is 0. The van der Waals surface area contributed by atoms with Crippen LogP contribution in [0, 0.1) is 11.3 Å². The number of nitrogens with zero attached hydrogens (tertiary/aromatic N) is 4. The van der Waals surface area contributed by atoms with Crippen molar-refractivity contribution in [2.24, 2.45) is 0 Å². The van der Waals surface area contributed by atoms with Gasteiger partial charge in [-0.15, -0.1) is 0 Å². The van der Waals surface area contributed by atoms with Crippen LogP contribution in [0.2, 0.25) is 0 Å². The number of imidazole rings is 1. The van der Waals surface area contributed by atoms with E-state index in [2.05, 4.69) is 16.0 Å². The highest BCUT2D eigenvalue weighted by molar-refractivity contribution is 5.81. The Morgan fingerprint density at radius 2 is 1.87 bits per heavy atom. The molecule has 4 nitrogen and oxygen atoms in total. The van der Waals surface area contributed by atoms with Crippen LogP contribution in [0.3, 0.4) is 0 Å². The molecular weight excluding hydrogens is 284 g/mol. The third kappa shape index (κ3) is 2.34. The predicted molar refractivity (Wildman–Crippen MR) is 88.6 cm³/mol. The van der Waals surface area contributed by atoms with Crippen molar-refractivity contribution >= 4 is 5.65 Å². The molecule has 0 amide bonds. The molecule has 0 saturated heterocycles. The zero-order chi connectivity index (χ0) is 15.6. The Morgan fingerprint density at radius 1 is 0.913 bits per heavy atom. The summed E-state index contributed by atoms with van der Waals surface area (Å²) in [6.07, 6.45) is 7.51. The zero-order valence-corrected chi connectivity index (χ0v) is 12.2. The van der Waals surface area contributed by atoms with Crippen LogP contribution in [0.5, 0.6) is 0 Å². The molecule has 4 rings (SSSR count). The van der Waals surface area contributed by atoms with E-state index in [1.165, 1.54) is 0 Å². The standard InChI is InChI=1S/C19H12N4/c20-12-14-3-1-4-15(11-14)19-17(5-2-8-22-19)16-6-7-18-21-9-10-23(18)13-16/h1-11,13H. The molecule has 0 radical (unpaired) electrons. The molecule has 0 bridgehead atoms. The van der Waals surface area contributed by atoms with Crippen LogP contribution < -0.4 is 0 Å². The van der Waals surface area contributed by atoms with Crippen molar-refractivity contribution in [2.75, 3.05) is 0 Å². The van der Waals surface area contributed by atoms with Gasteiger partial charge in [0.05, 0.1) is 17.3 Å². The summed E-state index contributed by atoms with van der Waals surface area (Å²) in [5, 5.41) is 9.11. The van der Waals surface area contributed by atoms with Crippen LogP contribution in [-0.2, 0) is 0 Å². The van der Waals surface area contributed by atoms with E-state index < -0.39 is 0 Å². The maximum absolute atomic E-state index is 9.11. The summed E-state index contributed by atoms with van der Waals surface area (Å²) in [5.41, 5.74) is 5.42. The molecule has 0 spiro atoms. The minimum atomic E-state index is 0.629. The van der Waals surface area contributed by atoms with Gasteiger partial charge >= 0.3 is 0 Å². The van der Waals surface area contributed by atoms with Gasteiger partial charge in [0.25, 0.3) is 0 Å². The average Bonchev–Trinajstić information content (AvgIpc) is 3.09. The van der Waals surface area contributed by atoms with Crippen molar-refractivity contribution in [3.8, 4) is 28.5 Å². The van der Waals surface area contributed by atoms with Crippen LogP contribution in [-0.4, -0.2) is 14.4 Å². The SMILES string of the molecule is N#Cc1cccc(-c2ncccc2-c2ccc3nccn3c2)c1. The van der Waals surface area contributed by atoms with Gasteiger partial charge in [0.2, 0.25) is 0 Å². The molecule has 23 heavy (non-hydrogen) atoms. The first-order valence-corrected chi connectivity index (χ1v) is 7.24. The highest BCUT2D eigenvalue weighted by Crippen LogP contribution is 2.30. The van der Waals surface area contributed by atoms with Crippen LogP contribution in [0.1, 0.15) is 5.56 Å². The van der Waals surface area contributed by atoms with E-state index >= 15 is 0 Å². The number of pyridine rings is 2. The third-order valence-electron chi connectivity index (χ3n) is 3.77. The van der Waals surface area contributed by atoms with Crippen molar-refractivity contribution in [1.29, 1.82) is 5.26 Å². The molecule has 0 unspecified atom stereocenters. The van der Waals surface area contributed by atoms with Gasteiger partial charge in [-0.3, -0.25) is 4.98 Å². The second kappa shape index (κ2) is 5.39. The van der Waals surface area contributed by atoms with E-state index in [9.17, 15) is 0 Å². The number of fused-ring (bicyclic) bond motifs is 1. The van der Waals surface area contributed by atoms with Gasteiger partial charge < -0.3 is 4.40 Å². The molecule has 1 aromatic carbocycles. The largest absolute Gasteiger partial charge is 0.306 e. The van der Waals surface area contributed by atoms with Gasteiger partial charge in [-0.25, -0.2) is 4.98 Å². The Balaban J connectivity index is 1.91. The van der Waals surface area contributed by atoms with Crippen LogP contribution in [0.4, 0.5) is 0 Å². The fraction of sp³-hybridized carbons (Fsp3) is 0. The fourth-order valence-corrected chi connectivity index (χ4v) is 2.68.